The quantitative estimate of drug-likeness (QED) is 0.639. The van der Waals surface area contributed by atoms with E-state index in [-0.39, 0.29) is 4.90 Å². The summed E-state index contributed by atoms with van der Waals surface area (Å²) in [4.78, 5) is 9.20. The highest BCUT2D eigenvalue weighted by atomic mass is 32.2. The zero-order valence-corrected chi connectivity index (χ0v) is 17.0. The average molecular weight is 415 g/mol. The Morgan fingerprint density at radius 2 is 1.86 bits per heavy atom. The van der Waals surface area contributed by atoms with Crippen molar-refractivity contribution in [3.63, 3.8) is 0 Å². The van der Waals surface area contributed by atoms with E-state index in [0.717, 1.165) is 35.5 Å². The molecule has 0 aliphatic carbocycles. The van der Waals surface area contributed by atoms with Crippen LogP contribution in [-0.2, 0) is 16.4 Å². The number of nitrogens with one attached hydrogen (secondary N) is 1. The van der Waals surface area contributed by atoms with Crippen molar-refractivity contribution < 1.29 is 8.42 Å². The number of aromatic nitrogens is 2. The number of rotatable bonds is 7. The van der Waals surface area contributed by atoms with Gasteiger partial charge in [0, 0.05) is 43.2 Å². The van der Waals surface area contributed by atoms with Crippen molar-refractivity contribution in [3.8, 4) is 10.6 Å². The minimum absolute atomic E-state index is 0.256. The van der Waals surface area contributed by atoms with Crippen molar-refractivity contribution in [2.75, 3.05) is 25.0 Å². The Balaban J connectivity index is 1.33. The van der Waals surface area contributed by atoms with Crippen molar-refractivity contribution in [1.82, 2.24) is 14.3 Å². The van der Waals surface area contributed by atoms with Crippen LogP contribution >= 0.6 is 11.3 Å². The molecule has 1 fully saturated rings. The van der Waals surface area contributed by atoms with E-state index in [2.05, 4.69) is 32.8 Å². The predicted octanol–water partition coefficient (Wildman–Crippen LogP) is 3.64. The van der Waals surface area contributed by atoms with Crippen LogP contribution in [0.5, 0.6) is 0 Å². The molecule has 1 aromatic carbocycles. The molecule has 0 saturated carbocycles. The zero-order chi connectivity index (χ0) is 19.4. The normalized spacial score (nSPS) is 15.0. The third kappa shape index (κ3) is 4.24. The Kier molecular flexibility index (Phi) is 5.70. The average Bonchev–Trinajstić information content (AvgIpc) is 3.42. The fourth-order valence-electron chi connectivity index (χ4n) is 3.17. The van der Waals surface area contributed by atoms with Crippen LogP contribution in [0.25, 0.3) is 10.6 Å². The van der Waals surface area contributed by atoms with Gasteiger partial charge in [-0.3, -0.25) is 0 Å². The van der Waals surface area contributed by atoms with E-state index >= 15 is 0 Å². The summed E-state index contributed by atoms with van der Waals surface area (Å²) < 4.78 is 26.6. The van der Waals surface area contributed by atoms with Gasteiger partial charge in [0.1, 0.15) is 15.7 Å². The predicted molar refractivity (Wildman–Crippen MR) is 112 cm³/mol. The van der Waals surface area contributed by atoms with Gasteiger partial charge in [-0.15, -0.1) is 11.3 Å². The second-order valence-corrected chi connectivity index (χ2v) is 9.47. The smallest absolute Gasteiger partial charge is 0.244 e. The molecular formula is C20H22N4O2S2. The number of anilines is 1. The molecule has 2 aromatic heterocycles. The fourth-order valence-corrected chi connectivity index (χ4v) is 5.49. The van der Waals surface area contributed by atoms with Gasteiger partial charge in [0.05, 0.1) is 5.69 Å². The summed E-state index contributed by atoms with van der Waals surface area (Å²) in [6.07, 6.45) is 4.06. The molecular weight excluding hydrogens is 392 g/mol. The standard InChI is InChI=1S/C20H22N4O2S2/c25-28(26,24-12-4-5-13-24)18-8-9-19(22-14-18)21-11-10-17-15-27-20(23-17)16-6-2-1-3-7-16/h1-3,6-9,14-15H,4-5,10-13H2,(H,21,22). The first-order chi connectivity index (χ1) is 13.6. The molecule has 0 amide bonds. The van der Waals surface area contributed by atoms with Gasteiger partial charge in [0.2, 0.25) is 10.0 Å². The second-order valence-electron chi connectivity index (χ2n) is 6.68. The molecule has 28 heavy (non-hydrogen) atoms. The number of sulfonamides is 1. The van der Waals surface area contributed by atoms with E-state index < -0.39 is 10.0 Å². The van der Waals surface area contributed by atoms with Gasteiger partial charge >= 0.3 is 0 Å². The molecule has 0 unspecified atom stereocenters. The SMILES string of the molecule is O=S(=O)(c1ccc(NCCc2csc(-c3ccccc3)n2)nc1)N1CCCC1. The van der Waals surface area contributed by atoms with Gasteiger partial charge in [-0.05, 0) is 25.0 Å². The monoisotopic (exact) mass is 414 g/mol. The van der Waals surface area contributed by atoms with Crippen LogP contribution in [0, 0.1) is 0 Å². The van der Waals surface area contributed by atoms with Gasteiger partial charge in [-0.1, -0.05) is 30.3 Å². The van der Waals surface area contributed by atoms with Gasteiger partial charge in [-0.2, -0.15) is 4.31 Å². The molecule has 1 N–H and O–H groups in total. The van der Waals surface area contributed by atoms with Crippen molar-refractivity contribution in [3.05, 3.63) is 59.7 Å². The zero-order valence-electron chi connectivity index (χ0n) is 15.4. The van der Waals surface area contributed by atoms with Gasteiger partial charge < -0.3 is 5.32 Å². The van der Waals surface area contributed by atoms with E-state index in [4.69, 9.17) is 0 Å². The molecule has 8 heteroatoms. The fraction of sp³-hybridized carbons (Fsp3) is 0.300. The highest BCUT2D eigenvalue weighted by Gasteiger charge is 2.27. The Morgan fingerprint density at radius 1 is 1.07 bits per heavy atom. The van der Waals surface area contributed by atoms with Crippen LogP contribution in [-0.4, -0.2) is 42.3 Å². The van der Waals surface area contributed by atoms with Crippen LogP contribution in [0.2, 0.25) is 0 Å². The maximum Gasteiger partial charge on any atom is 0.244 e. The molecule has 1 aliphatic rings. The first-order valence-corrected chi connectivity index (χ1v) is 11.6. The van der Waals surface area contributed by atoms with Gasteiger partial charge in [0.15, 0.2) is 0 Å². The first kappa shape index (κ1) is 19.0. The lowest BCUT2D eigenvalue weighted by atomic mass is 10.2. The van der Waals surface area contributed by atoms with Crippen LogP contribution in [0.15, 0.2) is 58.9 Å². The molecule has 3 aromatic rings. The number of benzene rings is 1. The Morgan fingerprint density at radius 3 is 2.57 bits per heavy atom. The summed E-state index contributed by atoms with van der Waals surface area (Å²) in [6, 6.07) is 13.5. The molecule has 0 bridgehead atoms. The third-order valence-corrected chi connectivity index (χ3v) is 7.52. The lowest BCUT2D eigenvalue weighted by Crippen LogP contribution is -2.27. The lowest BCUT2D eigenvalue weighted by Gasteiger charge is -2.15. The highest BCUT2D eigenvalue weighted by Crippen LogP contribution is 2.24. The molecule has 0 radical (unpaired) electrons. The molecule has 3 heterocycles. The molecule has 0 spiro atoms. The van der Waals surface area contributed by atoms with E-state index in [9.17, 15) is 8.42 Å². The van der Waals surface area contributed by atoms with E-state index in [1.165, 1.54) is 10.5 Å². The maximum absolute atomic E-state index is 12.5. The van der Waals surface area contributed by atoms with Crippen molar-refractivity contribution in [2.45, 2.75) is 24.2 Å². The van der Waals surface area contributed by atoms with Gasteiger partial charge in [0.25, 0.3) is 0 Å². The van der Waals surface area contributed by atoms with E-state index in [1.54, 1.807) is 23.5 Å². The second kappa shape index (κ2) is 8.38. The molecule has 6 nitrogen and oxygen atoms in total. The van der Waals surface area contributed by atoms with Crippen molar-refractivity contribution >= 4 is 27.2 Å². The molecule has 1 aliphatic heterocycles. The molecule has 4 rings (SSSR count). The van der Waals surface area contributed by atoms with Crippen LogP contribution in [0.1, 0.15) is 18.5 Å². The number of hydrogen-bond acceptors (Lipinski definition) is 6. The summed E-state index contributed by atoms with van der Waals surface area (Å²) >= 11 is 1.64. The van der Waals surface area contributed by atoms with Crippen molar-refractivity contribution in [2.24, 2.45) is 0 Å². The van der Waals surface area contributed by atoms with Crippen LogP contribution in [0.4, 0.5) is 5.82 Å². The van der Waals surface area contributed by atoms with E-state index in [0.29, 0.717) is 25.5 Å². The van der Waals surface area contributed by atoms with Crippen LogP contribution < -0.4 is 5.32 Å². The van der Waals surface area contributed by atoms with Crippen LogP contribution in [0.3, 0.4) is 0 Å². The summed E-state index contributed by atoms with van der Waals surface area (Å²) in [5.74, 6) is 0.666. The first-order valence-electron chi connectivity index (χ1n) is 9.33. The number of nitrogens with zero attached hydrogens (tertiary/aromatic N) is 3. The Hall–Kier alpha value is -2.29. The van der Waals surface area contributed by atoms with Gasteiger partial charge in [-0.25, -0.2) is 18.4 Å². The number of pyridine rings is 1. The molecule has 0 atom stereocenters. The van der Waals surface area contributed by atoms with Crippen molar-refractivity contribution in [1.29, 1.82) is 0 Å². The topological polar surface area (TPSA) is 75.2 Å². The maximum atomic E-state index is 12.5. The minimum atomic E-state index is -3.41. The summed E-state index contributed by atoms with van der Waals surface area (Å²) in [5.41, 5.74) is 2.16. The molecule has 146 valence electrons. The Labute approximate surface area is 169 Å². The minimum Gasteiger partial charge on any atom is -0.370 e. The number of hydrogen-bond donors (Lipinski definition) is 1. The lowest BCUT2D eigenvalue weighted by molar-refractivity contribution is 0.477. The highest BCUT2D eigenvalue weighted by molar-refractivity contribution is 7.89. The number of thiazole rings is 1. The molecule has 1 saturated heterocycles. The Bertz CT molecular complexity index is 1010. The summed E-state index contributed by atoms with van der Waals surface area (Å²) in [5, 5.41) is 6.33. The third-order valence-electron chi connectivity index (χ3n) is 4.70. The summed E-state index contributed by atoms with van der Waals surface area (Å²) in [7, 11) is -3.41. The van der Waals surface area contributed by atoms with E-state index in [1.807, 2.05) is 18.2 Å². The largest absolute Gasteiger partial charge is 0.370 e. The summed E-state index contributed by atoms with van der Waals surface area (Å²) in [6.45, 7) is 1.88.